The van der Waals surface area contributed by atoms with Gasteiger partial charge in [-0.1, -0.05) is 19.9 Å². The van der Waals surface area contributed by atoms with Crippen LogP contribution in [0.3, 0.4) is 0 Å². The Morgan fingerprint density at radius 3 is 1.70 bits per heavy atom. The van der Waals surface area contributed by atoms with Crippen LogP contribution >= 0.6 is 0 Å². The Morgan fingerprint density at radius 2 is 1.37 bits per heavy atom. The number of carbonyl (C=O) groups is 2. The average Bonchev–Trinajstić information content (AvgIpc) is 2.53. The molecule has 0 fully saturated rings. The number of phenolic OH excluding ortho intramolecular Hbond substituents is 2. The fourth-order valence-electron chi connectivity index (χ4n) is 1.48. The van der Waals surface area contributed by atoms with Gasteiger partial charge in [0.05, 0.1) is 6.10 Å². The summed E-state index contributed by atoms with van der Waals surface area (Å²) in [6, 6.07) is 4.61. The second-order valence-electron chi connectivity index (χ2n) is 5.39. The Bertz CT molecular complexity index is 561. The Balaban J connectivity index is -0.000000427. The molecular weight excluding hydrogens is 370 g/mol. The number of aliphatic carboxylic acids is 2. The molecule has 0 radical (unpaired) electrons. The fraction of sp³-hybridized carbons (Fsp3) is 0.467. The molecule has 3 unspecified atom stereocenters. The fourth-order valence-corrected chi connectivity index (χ4v) is 1.48. The van der Waals surface area contributed by atoms with Crippen molar-refractivity contribution in [3.63, 3.8) is 0 Å². The third-order valence-corrected chi connectivity index (χ3v) is 2.91. The summed E-state index contributed by atoms with van der Waals surface area (Å²) in [7, 11) is 0. The van der Waals surface area contributed by atoms with Crippen molar-refractivity contribution in [3.05, 3.63) is 23.8 Å². The SMILES string of the molecule is CC(C)NCC(O)c1ccc(O)c(O)c1.O.O.O=C(O)C(O)C(O)C(=O)O. The molecule has 0 heterocycles. The number of hydrogen-bond donors (Lipinski definition) is 8. The molecule has 12 N–H and O–H groups in total. The molecule has 0 aliphatic carbocycles. The lowest BCUT2D eigenvalue weighted by atomic mass is 10.1. The maximum atomic E-state index is 9.77. The molecule has 0 spiro atoms. The quantitative estimate of drug-likeness (QED) is 0.222. The first-order chi connectivity index (χ1) is 11.5. The van der Waals surface area contributed by atoms with Gasteiger partial charge in [0, 0.05) is 12.6 Å². The number of hydrogen-bond acceptors (Lipinski definition) is 8. The first kappa shape index (κ1) is 29.3. The van der Waals surface area contributed by atoms with Crippen LogP contribution in [0.1, 0.15) is 25.5 Å². The molecule has 0 bridgehead atoms. The van der Waals surface area contributed by atoms with Crippen LogP contribution in [-0.2, 0) is 9.59 Å². The minimum absolute atomic E-state index is 0. The highest BCUT2D eigenvalue weighted by Gasteiger charge is 2.29. The van der Waals surface area contributed by atoms with E-state index in [0.29, 0.717) is 18.2 Å². The molecule has 1 aromatic carbocycles. The molecule has 27 heavy (non-hydrogen) atoms. The summed E-state index contributed by atoms with van der Waals surface area (Å²) in [6.45, 7) is 4.39. The van der Waals surface area contributed by atoms with Gasteiger partial charge in [-0.25, -0.2) is 9.59 Å². The number of aliphatic hydroxyl groups is 3. The van der Waals surface area contributed by atoms with Gasteiger partial charge in [0.1, 0.15) is 0 Å². The Hall–Kier alpha value is -2.48. The van der Waals surface area contributed by atoms with Gasteiger partial charge in [0.25, 0.3) is 0 Å². The summed E-state index contributed by atoms with van der Waals surface area (Å²) >= 11 is 0. The number of rotatable bonds is 7. The Labute approximate surface area is 154 Å². The minimum Gasteiger partial charge on any atom is -0.504 e. The lowest BCUT2D eigenvalue weighted by Crippen LogP contribution is -2.39. The van der Waals surface area contributed by atoms with Gasteiger partial charge in [-0.05, 0) is 17.7 Å². The van der Waals surface area contributed by atoms with E-state index in [9.17, 15) is 19.8 Å². The molecule has 12 nitrogen and oxygen atoms in total. The van der Waals surface area contributed by atoms with Crippen molar-refractivity contribution in [2.24, 2.45) is 0 Å². The zero-order valence-electron chi connectivity index (χ0n) is 14.7. The summed E-state index contributed by atoms with van der Waals surface area (Å²) < 4.78 is 0. The van der Waals surface area contributed by atoms with Gasteiger partial charge in [-0.15, -0.1) is 0 Å². The molecular formula is C15H27NO11. The van der Waals surface area contributed by atoms with Gasteiger partial charge < -0.3 is 52.0 Å². The number of aliphatic hydroxyl groups excluding tert-OH is 3. The second kappa shape index (κ2) is 13.7. The summed E-state index contributed by atoms with van der Waals surface area (Å²) in [5.41, 5.74) is 0.582. The molecule has 1 rings (SSSR count). The van der Waals surface area contributed by atoms with E-state index in [-0.39, 0.29) is 22.5 Å². The van der Waals surface area contributed by atoms with Crippen LogP contribution in [0.25, 0.3) is 0 Å². The van der Waals surface area contributed by atoms with Crippen molar-refractivity contribution in [1.29, 1.82) is 0 Å². The van der Waals surface area contributed by atoms with Crippen molar-refractivity contribution < 1.29 is 56.3 Å². The zero-order chi connectivity index (χ0) is 19.7. The lowest BCUT2D eigenvalue weighted by molar-refractivity contribution is -0.165. The van der Waals surface area contributed by atoms with Crippen LogP contribution < -0.4 is 5.32 Å². The number of carboxylic acid groups (broad SMARTS) is 2. The smallest absolute Gasteiger partial charge is 0.335 e. The maximum Gasteiger partial charge on any atom is 0.335 e. The molecule has 0 aromatic heterocycles. The van der Waals surface area contributed by atoms with Crippen LogP contribution in [0.4, 0.5) is 0 Å². The summed E-state index contributed by atoms with van der Waals surface area (Å²) in [4.78, 5) is 19.5. The van der Waals surface area contributed by atoms with Crippen LogP contribution in [-0.4, -0.2) is 83.4 Å². The van der Waals surface area contributed by atoms with Crippen LogP contribution in [0.5, 0.6) is 11.5 Å². The number of carboxylic acids is 2. The molecule has 3 atom stereocenters. The second-order valence-corrected chi connectivity index (χ2v) is 5.39. The van der Waals surface area contributed by atoms with E-state index in [2.05, 4.69) is 5.32 Å². The van der Waals surface area contributed by atoms with Crippen LogP contribution in [0.15, 0.2) is 18.2 Å². The number of phenols is 2. The predicted octanol–water partition coefficient (Wildman–Crippen LogP) is -2.64. The first-order valence-electron chi connectivity index (χ1n) is 7.22. The Morgan fingerprint density at radius 1 is 0.926 bits per heavy atom. The minimum atomic E-state index is -2.27. The van der Waals surface area contributed by atoms with E-state index in [1.54, 1.807) is 6.07 Å². The number of benzene rings is 1. The third-order valence-electron chi connectivity index (χ3n) is 2.91. The molecule has 158 valence electrons. The summed E-state index contributed by atoms with van der Waals surface area (Å²) in [6.07, 6.45) is -5.21. The van der Waals surface area contributed by atoms with Crippen molar-refractivity contribution >= 4 is 11.9 Å². The zero-order valence-corrected chi connectivity index (χ0v) is 14.7. The molecule has 12 heteroatoms. The van der Waals surface area contributed by atoms with Crippen molar-refractivity contribution in [2.45, 2.75) is 38.2 Å². The van der Waals surface area contributed by atoms with E-state index in [0.717, 1.165) is 0 Å². The predicted molar refractivity (Wildman–Crippen MR) is 92.4 cm³/mol. The van der Waals surface area contributed by atoms with E-state index < -0.39 is 30.3 Å². The average molecular weight is 397 g/mol. The van der Waals surface area contributed by atoms with Gasteiger partial charge in [-0.2, -0.15) is 0 Å². The normalized spacial score (nSPS) is 13.1. The van der Waals surface area contributed by atoms with E-state index in [4.69, 9.17) is 25.5 Å². The van der Waals surface area contributed by atoms with Crippen LogP contribution in [0.2, 0.25) is 0 Å². The number of nitrogens with one attached hydrogen (secondary N) is 1. The molecule has 0 saturated heterocycles. The van der Waals surface area contributed by atoms with Gasteiger partial charge in [0.15, 0.2) is 23.7 Å². The maximum absolute atomic E-state index is 9.77. The van der Waals surface area contributed by atoms with Crippen molar-refractivity contribution in [1.82, 2.24) is 5.32 Å². The highest BCUT2D eigenvalue weighted by atomic mass is 16.4. The van der Waals surface area contributed by atoms with Gasteiger partial charge in [-0.3, -0.25) is 0 Å². The highest BCUT2D eigenvalue weighted by Crippen LogP contribution is 2.27. The standard InChI is InChI=1S/C11H17NO3.C4H6O6.2H2O/c1-7(2)12-6-11(15)8-3-4-9(13)10(14)5-8;5-1(3(7)8)2(6)4(9)10;;/h3-5,7,11-15H,6H2,1-2H3;1-2,5-6H,(H,7,8)(H,9,10);2*1H2. The molecule has 0 aliphatic heterocycles. The molecule has 0 aliphatic rings. The van der Waals surface area contributed by atoms with Crippen molar-refractivity contribution in [2.75, 3.05) is 6.54 Å². The van der Waals surface area contributed by atoms with Crippen molar-refractivity contribution in [3.8, 4) is 11.5 Å². The van der Waals surface area contributed by atoms with E-state index in [1.165, 1.54) is 12.1 Å². The van der Waals surface area contributed by atoms with E-state index >= 15 is 0 Å². The molecule has 1 aromatic rings. The number of aromatic hydroxyl groups is 2. The molecule has 0 amide bonds. The van der Waals surface area contributed by atoms with Crippen LogP contribution in [0, 0.1) is 0 Å². The third kappa shape index (κ3) is 11.0. The van der Waals surface area contributed by atoms with Gasteiger partial charge >= 0.3 is 11.9 Å². The summed E-state index contributed by atoms with van der Waals surface area (Å²) in [5.74, 6) is -3.93. The lowest BCUT2D eigenvalue weighted by Gasteiger charge is -2.14. The monoisotopic (exact) mass is 397 g/mol. The topological polar surface area (TPSA) is 251 Å². The van der Waals surface area contributed by atoms with E-state index in [1.807, 2.05) is 13.8 Å². The highest BCUT2D eigenvalue weighted by molar-refractivity contribution is 5.83. The largest absolute Gasteiger partial charge is 0.504 e. The first-order valence-corrected chi connectivity index (χ1v) is 7.22. The molecule has 0 saturated carbocycles. The van der Waals surface area contributed by atoms with Gasteiger partial charge in [0.2, 0.25) is 0 Å². The summed E-state index contributed by atoms with van der Waals surface area (Å²) in [5, 5.41) is 63.7. The Kier molecular flexibility index (Phi) is 14.8.